The third-order valence-corrected chi connectivity index (χ3v) is 7.91. The molecule has 1 aromatic carbocycles. The van der Waals surface area contributed by atoms with Gasteiger partial charge in [-0.3, -0.25) is 19.2 Å². The Morgan fingerprint density at radius 2 is 1.23 bits per heavy atom. The Hall–Kier alpha value is -3.63. The molecule has 4 amide bonds. The first kappa shape index (κ1) is 33.9. The predicted octanol–water partition coefficient (Wildman–Crippen LogP) is 3.50. The normalized spacial score (nSPS) is 22.3. The van der Waals surface area contributed by atoms with Crippen LogP contribution >= 0.6 is 0 Å². The number of ether oxygens (including phenoxy) is 2. The zero-order valence-electron chi connectivity index (χ0n) is 26.5. The predicted molar refractivity (Wildman–Crippen MR) is 160 cm³/mol. The molecule has 238 valence electrons. The lowest BCUT2D eigenvalue weighted by atomic mass is 9.96. The maximum absolute atomic E-state index is 13.4. The second-order valence-electron chi connectivity index (χ2n) is 13.7. The van der Waals surface area contributed by atoms with E-state index in [4.69, 9.17) is 9.47 Å². The van der Waals surface area contributed by atoms with E-state index in [1.165, 1.54) is 0 Å². The second-order valence-corrected chi connectivity index (χ2v) is 13.7. The van der Waals surface area contributed by atoms with Crippen LogP contribution in [0, 0.1) is 11.8 Å². The van der Waals surface area contributed by atoms with Crippen LogP contribution in [0.5, 0.6) is 0 Å². The Kier molecular flexibility index (Phi) is 10.8. The number of benzene rings is 1. The number of amides is 4. The molecule has 2 aliphatic carbocycles. The third kappa shape index (κ3) is 9.69. The molecule has 0 heterocycles. The lowest BCUT2D eigenvalue weighted by Crippen LogP contribution is -2.61. The number of hydrogen-bond acceptors (Lipinski definition) is 7. The molecule has 2 saturated carbocycles. The molecule has 1 aromatic rings. The average Bonchev–Trinajstić information content (AvgIpc) is 3.55. The molecule has 43 heavy (non-hydrogen) atoms. The van der Waals surface area contributed by atoms with E-state index >= 15 is 0 Å². The van der Waals surface area contributed by atoms with Crippen LogP contribution in [-0.2, 0) is 35.3 Å². The summed E-state index contributed by atoms with van der Waals surface area (Å²) in [7, 11) is 0. The average molecular weight is 601 g/mol. The molecule has 11 nitrogen and oxygen atoms in total. The Balaban J connectivity index is 1.54. The summed E-state index contributed by atoms with van der Waals surface area (Å²) in [5, 5.41) is 11.3. The highest BCUT2D eigenvalue weighted by Gasteiger charge is 2.42. The zero-order valence-corrected chi connectivity index (χ0v) is 26.5. The van der Waals surface area contributed by atoms with Gasteiger partial charge in [0.25, 0.3) is 0 Å². The number of carbonyl (C=O) groups is 5. The molecule has 2 aliphatic rings. The van der Waals surface area contributed by atoms with E-state index < -0.39 is 52.5 Å². The minimum Gasteiger partial charge on any atom is -0.461 e. The van der Waals surface area contributed by atoms with Crippen LogP contribution in [0.1, 0.15) is 92.6 Å². The number of hydrogen-bond donors (Lipinski definition) is 4. The number of nitrogens with one attached hydrogen (secondary N) is 4. The van der Waals surface area contributed by atoms with Crippen LogP contribution in [-0.4, -0.2) is 58.5 Å². The number of rotatable bonds is 10. The molecule has 0 unspecified atom stereocenters. The topological polar surface area (TPSA) is 152 Å². The van der Waals surface area contributed by atoms with Crippen LogP contribution in [0.3, 0.4) is 0 Å². The van der Waals surface area contributed by atoms with Crippen LogP contribution < -0.4 is 21.3 Å². The van der Waals surface area contributed by atoms with Gasteiger partial charge in [-0.2, -0.15) is 0 Å². The maximum atomic E-state index is 13.4. The Bertz CT molecular complexity index is 1180. The SMILES string of the molecule is CC(C)(C)OC(=O)NC(C)(C)C(=O)N[C@H]1CCC[C@@H]1C(=O)NC(C)(C)C(=O)N[C@H]1CCC[C@@H]1C(=O)OCc1ccccc1. The summed E-state index contributed by atoms with van der Waals surface area (Å²) < 4.78 is 10.8. The van der Waals surface area contributed by atoms with Gasteiger partial charge in [0.15, 0.2) is 0 Å². The minimum absolute atomic E-state index is 0.172. The summed E-state index contributed by atoms with van der Waals surface area (Å²) in [6, 6.07) is 8.58. The summed E-state index contributed by atoms with van der Waals surface area (Å²) >= 11 is 0. The fourth-order valence-electron chi connectivity index (χ4n) is 5.47. The van der Waals surface area contributed by atoms with Crippen molar-refractivity contribution in [2.24, 2.45) is 11.8 Å². The van der Waals surface area contributed by atoms with Crippen molar-refractivity contribution in [2.45, 2.75) is 122 Å². The van der Waals surface area contributed by atoms with Gasteiger partial charge in [-0.25, -0.2) is 4.79 Å². The van der Waals surface area contributed by atoms with Crippen molar-refractivity contribution in [1.29, 1.82) is 0 Å². The summed E-state index contributed by atoms with van der Waals surface area (Å²) in [4.78, 5) is 64.8. The van der Waals surface area contributed by atoms with Crippen LogP contribution in [0.25, 0.3) is 0 Å². The van der Waals surface area contributed by atoms with Gasteiger partial charge in [-0.1, -0.05) is 43.2 Å². The number of alkyl carbamates (subject to hydrolysis) is 1. The number of carbonyl (C=O) groups excluding carboxylic acids is 5. The van der Waals surface area contributed by atoms with Gasteiger partial charge < -0.3 is 30.7 Å². The maximum Gasteiger partial charge on any atom is 0.408 e. The first-order valence-electron chi connectivity index (χ1n) is 15.1. The van der Waals surface area contributed by atoms with Gasteiger partial charge in [-0.05, 0) is 79.7 Å². The van der Waals surface area contributed by atoms with Crippen molar-refractivity contribution >= 4 is 29.8 Å². The van der Waals surface area contributed by atoms with E-state index in [1.54, 1.807) is 48.5 Å². The summed E-state index contributed by atoms with van der Waals surface area (Å²) in [5.41, 5.74) is -2.35. The first-order valence-corrected chi connectivity index (χ1v) is 15.1. The highest BCUT2D eigenvalue weighted by molar-refractivity contribution is 5.93. The van der Waals surface area contributed by atoms with Crippen molar-refractivity contribution < 1.29 is 33.4 Å². The van der Waals surface area contributed by atoms with Crippen LogP contribution in [0.4, 0.5) is 4.79 Å². The largest absolute Gasteiger partial charge is 0.461 e. The molecule has 3 rings (SSSR count). The monoisotopic (exact) mass is 600 g/mol. The molecule has 0 saturated heterocycles. The van der Waals surface area contributed by atoms with Gasteiger partial charge in [0.1, 0.15) is 23.3 Å². The van der Waals surface area contributed by atoms with Gasteiger partial charge in [0.2, 0.25) is 17.7 Å². The van der Waals surface area contributed by atoms with Crippen molar-refractivity contribution in [2.75, 3.05) is 0 Å². The molecular formula is C32H48N4O7. The minimum atomic E-state index is -1.27. The van der Waals surface area contributed by atoms with Crippen molar-refractivity contribution in [3.63, 3.8) is 0 Å². The summed E-state index contributed by atoms with van der Waals surface area (Å²) in [5.74, 6) is -2.51. The molecule has 2 fully saturated rings. The Morgan fingerprint density at radius 3 is 1.79 bits per heavy atom. The lowest BCUT2D eigenvalue weighted by molar-refractivity contribution is -0.150. The van der Waals surface area contributed by atoms with Crippen LogP contribution in [0.2, 0.25) is 0 Å². The van der Waals surface area contributed by atoms with Crippen molar-refractivity contribution in [3.8, 4) is 0 Å². The van der Waals surface area contributed by atoms with E-state index in [0.29, 0.717) is 25.7 Å². The molecule has 4 atom stereocenters. The first-order chi connectivity index (χ1) is 20.0. The zero-order chi connectivity index (χ0) is 32.0. The quantitative estimate of drug-likeness (QED) is 0.300. The summed E-state index contributed by atoms with van der Waals surface area (Å²) in [6.07, 6.45) is 3.20. The van der Waals surface area contributed by atoms with E-state index in [1.807, 2.05) is 30.3 Å². The molecule has 11 heteroatoms. The number of esters is 1. The molecule has 0 bridgehead atoms. The summed E-state index contributed by atoms with van der Waals surface area (Å²) in [6.45, 7) is 11.7. The van der Waals surface area contributed by atoms with Gasteiger partial charge in [0, 0.05) is 12.1 Å². The van der Waals surface area contributed by atoms with E-state index in [0.717, 1.165) is 18.4 Å². The smallest absolute Gasteiger partial charge is 0.408 e. The second kappa shape index (κ2) is 13.8. The molecular weight excluding hydrogens is 552 g/mol. The highest BCUT2D eigenvalue weighted by Crippen LogP contribution is 2.29. The third-order valence-electron chi connectivity index (χ3n) is 7.91. The van der Waals surface area contributed by atoms with E-state index in [2.05, 4.69) is 21.3 Å². The highest BCUT2D eigenvalue weighted by atomic mass is 16.6. The molecule has 4 N–H and O–H groups in total. The standard InChI is InChI=1S/C32H48N4O7/c1-30(2,3)43-29(41)36-32(6,7)28(40)33-23-17-11-15-21(23)25(37)35-31(4,5)27(39)34-24-18-12-16-22(24)26(38)42-19-20-13-9-8-10-14-20/h8-10,13-14,21-24H,11-12,15-19H2,1-7H3,(H,33,40)(H,34,39)(H,35,37)(H,36,41)/t21-,22-,23-,24-/m0/s1. The van der Waals surface area contributed by atoms with Crippen molar-refractivity contribution in [3.05, 3.63) is 35.9 Å². The van der Waals surface area contributed by atoms with E-state index in [-0.39, 0.29) is 24.5 Å². The molecule has 0 aromatic heterocycles. The van der Waals surface area contributed by atoms with Crippen LogP contribution in [0.15, 0.2) is 30.3 Å². The fourth-order valence-corrected chi connectivity index (χ4v) is 5.47. The van der Waals surface area contributed by atoms with Gasteiger partial charge in [0.05, 0.1) is 11.8 Å². The molecule has 0 spiro atoms. The molecule has 0 radical (unpaired) electrons. The Labute approximate surface area is 254 Å². The van der Waals surface area contributed by atoms with Gasteiger partial charge >= 0.3 is 12.1 Å². The van der Waals surface area contributed by atoms with E-state index in [9.17, 15) is 24.0 Å². The lowest BCUT2D eigenvalue weighted by Gasteiger charge is -2.32. The van der Waals surface area contributed by atoms with Crippen molar-refractivity contribution in [1.82, 2.24) is 21.3 Å². The molecule has 0 aliphatic heterocycles. The van der Waals surface area contributed by atoms with Gasteiger partial charge in [-0.15, -0.1) is 0 Å². The fraction of sp³-hybridized carbons (Fsp3) is 0.656. The Morgan fingerprint density at radius 1 is 0.721 bits per heavy atom.